The molecule has 0 bridgehead atoms. The van der Waals surface area contributed by atoms with Crippen molar-refractivity contribution in [3.05, 3.63) is 34.9 Å². The Bertz CT molecular complexity index is 419. The van der Waals surface area contributed by atoms with Gasteiger partial charge in [0, 0.05) is 0 Å². The van der Waals surface area contributed by atoms with Gasteiger partial charge in [0.1, 0.15) is 0 Å². The third-order valence-electron chi connectivity index (χ3n) is 3.40. The van der Waals surface area contributed by atoms with Crippen LogP contribution in [0.25, 0.3) is 0 Å². The van der Waals surface area contributed by atoms with Crippen LogP contribution in [0.3, 0.4) is 0 Å². The van der Waals surface area contributed by atoms with E-state index >= 15 is 0 Å². The zero-order valence-corrected chi connectivity index (χ0v) is 12.6. The lowest BCUT2D eigenvalue weighted by atomic mass is 9.94. The summed E-state index contributed by atoms with van der Waals surface area (Å²) in [4.78, 5) is 11.2. The highest BCUT2D eigenvalue weighted by atomic mass is 16.4. The highest BCUT2D eigenvalue weighted by Gasteiger charge is 2.11. The molecule has 0 fully saturated rings. The molecule has 0 saturated carbocycles. The molecule has 1 rings (SSSR count). The van der Waals surface area contributed by atoms with E-state index in [1.807, 2.05) is 6.07 Å². The van der Waals surface area contributed by atoms with E-state index < -0.39 is 5.97 Å². The zero-order valence-electron chi connectivity index (χ0n) is 12.6. The number of hydrogen-bond donors (Lipinski definition) is 1. The minimum atomic E-state index is -0.811. The first-order valence-electron chi connectivity index (χ1n) is 7.25. The van der Waals surface area contributed by atoms with Gasteiger partial charge in [-0.3, -0.25) is 0 Å². The monoisotopic (exact) mass is 262 g/mol. The third kappa shape index (κ3) is 5.46. The van der Waals surface area contributed by atoms with Crippen molar-refractivity contribution in [3.63, 3.8) is 0 Å². The first-order chi connectivity index (χ1) is 8.90. The number of rotatable bonds is 7. The molecule has 2 nitrogen and oxygen atoms in total. The van der Waals surface area contributed by atoms with Gasteiger partial charge in [-0.1, -0.05) is 39.8 Å². The van der Waals surface area contributed by atoms with E-state index in [0.717, 1.165) is 31.2 Å². The standard InChI is InChI=1S/C17H26O2/c1-12(2)5-7-14-8-10-16(17(18)19)15(11-14)9-6-13(3)4/h8,10-13H,5-7,9H2,1-4H3,(H,18,19). The number of hydrogen-bond acceptors (Lipinski definition) is 1. The molecule has 0 aliphatic rings. The van der Waals surface area contributed by atoms with Crippen LogP contribution in [0.2, 0.25) is 0 Å². The molecule has 0 amide bonds. The molecule has 1 N–H and O–H groups in total. The summed E-state index contributed by atoms with van der Waals surface area (Å²) in [6, 6.07) is 5.83. The molecule has 2 heteroatoms. The van der Waals surface area contributed by atoms with Crippen molar-refractivity contribution in [2.45, 2.75) is 53.4 Å². The minimum absolute atomic E-state index is 0.467. The van der Waals surface area contributed by atoms with Crippen molar-refractivity contribution < 1.29 is 9.90 Å². The average Bonchev–Trinajstić information content (AvgIpc) is 2.33. The van der Waals surface area contributed by atoms with Crippen LogP contribution in [0.4, 0.5) is 0 Å². The van der Waals surface area contributed by atoms with Crippen LogP contribution in [-0.4, -0.2) is 11.1 Å². The summed E-state index contributed by atoms with van der Waals surface area (Å²) in [7, 11) is 0. The van der Waals surface area contributed by atoms with Crippen LogP contribution in [0.1, 0.15) is 62.0 Å². The summed E-state index contributed by atoms with van der Waals surface area (Å²) >= 11 is 0. The molecule has 0 aromatic heterocycles. The van der Waals surface area contributed by atoms with Gasteiger partial charge in [0.25, 0.3) is 0 Å². The van der Waals surface area contributed by atoms with Crippen molar-refractivity contribution in [3.8, 4) is 0 Å². The Morgan fingerprint density at radius 2 is 1.63 bits per heavy atom. The molecule has 106 valence electrons. The molecule has 1 aromatic rings. The van der Waals surface area contributed by atoms with Gasteiger partial charge in [-0.2, -0.15) is 0 Å². The molecule has 1 aromatic carbocycles. The van der Waals surface area contributed by atoms with Crippen molar-refractivity contribution in [2.24, 2.45) is 11.8 Å². The first kappa shape index (κ1) is 15.7. The summed E-state index contributed by atoms with van der Waals surface area (Å²) < 4.78 is 0. The van der Waals surface area contributed by atoms with E-state index in [-0.39, 0.29) is 0 Å². The zero-order chi connectivity index (χ0) is 14.4. The van der Waals surface area contributed by atoms with Crippen molar-refractivity contribution in [2.75, 3.05) is 0 Å². The maximum Gasteiger partial charge on any atom is 0.335 e. The number of benzene rings is 1. The molecule has 0 spiro atoms. The smallest absolute Gasteiger partial charge is 0.335 e. The lowest BCUT2D eigenvalue weighted by Gasteiger charge is -2.11. The lowest BCUT2D eigenvalue weighted by Crippen LogP contribution is -2.05. The molecule has 0 aliphatic heterocycles. The highest BCUT2D eigenvalue weighted by molar-refractivity contribution is 5.89. The van der Waals surface area contributed by atoms with Gasteiger partial charge in [-0.05, 0) is 54.7 Å². The predicted molar refractivity (Wildman–Crippen MR) is 79.7 cm³/mol. The van der Waals surface area contributed by atoms with E-state index in [1.54, 1.807) is 6.07 Å². The molecule has 0 radical (unpaired) electrons. The summed E-state index contributed by atoms with van der Waals surface area (Å²) in [5.41, 5.74) is 2.72. The molecule has 0 saturated heterocycles. The number of aromatic carboxylic acids is 1. The van der Waals surface area contributed by atoms with E-state index in [4.69, 9.17) is 0 Å². The van der Waals surface area contributed by atoms with Crippen molar-refractivity contribution in [1.82, 2.24) is 0 Å². The fourth-order valence-corrected chi connectivity index (χ4v) is 2.12. The normalized spacial score (nSPS) is 11.3. The molecule has 0 aliphatic carbocycles. The quantitative estimate of drug-likeness (QED) is 0.782. The molecule has 0 unspecified atom stereocenters. The van der Waals surface area contributed by atoms with E-state index in [2.05, 4.69) is 33.8 Å². The van der Waals surface area contributed by atoms with Gasteiger partial charge >= 0.3 is 5.97 Å². The summed E-state index contributed by atoms with van der Waals surface area (Å²) in [6.45, 7) is 8.77. The van der Waals surface area contributed by atoms with Gasteiger partial charge < -0.3 is 5.11 Å². The Hall–Kier alpha value is -1.31. The van der Waals surface area contributed by atoms with Crippen LogP contribution in [0.15, 0.2) is 18.2 Å². The Morgan fingerprint density at radius 3 is 2.16 bits per heavy atom. The maximum absolute atomic E-state index is 11.2. The van der Waals surface area contributed by atoms with Crippen molar-refractivity contribution in [1.29, 1.82) is 0 Å². The topological polar surface area (TPSA) is 37.3 Å². The van der Waals surface area contributed by atoms with Crippen LogP contribution in [-0.2, 0) is 12.8 Å². The van der Waals surface area contributed by atoms with Gasteiger partial charge in [-0.25, -0.2) is 4.79 Å². The van der Waals surface area contributed by atoms with Crippen LogP contribution in [0.5, 0.6) is 0 Å². The van der Waals surface area contributed by atoms with Crippen LogP contribution in [0, 0.1) is 11.8 Å². The Labute approximate surface area is 116 Å². The third-order valence-corrected chi connectivity index (χ3v) is 3.40. The highest BCUT2D eigenvalue weighted by Crippen LogP contribution is 2.18. The van der Waals surface area contributed by atoms with Crippen LogP contribution < -0.4 is 0 Å². The number of carboxylic acids is 1. The maximum atomic E-state index is 11.2. The molecular weight excluding hydrogens is 236 g/mol. The van der Waals surface area contributed by atoms with Gasteiger partial charge in [0.2, 0.25) is 0 Å². The van der Waals surface area contributed by atoms with E-state index in [1.165, 1.54) is 5.56 Å². The van der Waals surface area contributed by atoms with Crippen LogP contribution >= 0.6 is 0 Å². The fraction of sp³-hybridized carbons (Fsp3) is 0.588. The Balaban J connectivity index is 2.87. The Kier molecular flexibility index (Phi) is 6.07. The predicted octanol–water partition coefficient (Wildman–Crippen LogP) is 4.56. The second-order valence-corrected chi connectivity index (χ2v) is 6.16. The minimum Gasteiger partial charge on any atom is -0.478 e. The molecule has 19 heavy (non-hydrogen) atoms. The lowest BCUT2D eigenvalue weighted by molar-refractivity contribution is 0.0695. The fourth-order valence-electron chi connectivity index (χ4n) is 2.12. The molecule has 0 heterocycles. The van der Waals surface area contributed by atoms with Gasteiger partial charge in [0.15, 0.2) is 0 Å². The number of carboxylic acid groups (broad SMARTS) is 1. The summed E-state index contributed by atoms with van der Waals surface area (Å²) in [6.07, 6.45) is 4.07. The second-order valence-electron chi connectivity index (χ2n) is 6.16. The van der Waals surface area contributed by atoms with E-state index in [9.17, 15) is 9.90 Å². The molecule has 0 atom stereocenters. The molecular formula is C17H26O2. The largest absolute Gasteiger partial charge is 0.478 e. The number of carbonyl (C=O) groups is 1. The van der Waals surface area contributed by atoms with Gasteiger partial charge in [0.05, 0.1) is 5.56 Å². The number of aryl methyl sites for hydroxylation is 2. The van der Waals surface area contributed by atoms with Crippen molar-refractivity contribution >= 4 is 5.97 Å². The second kappa shape index (κ2) is 7.32. The SMILES string of the molecule is CC(C)CCc1ccc(C(=O)O)c(CCC(C)C)c1. The first-order valence-corrected chi connectivity index (χ1v) is 7.25. The summed E-state index contributed by atoms with van der Waals surface area (Å²) in [5.74, 6) is 0.466. The Morgan fingerprint density at radius 1 is 1.05 bits per heavy atom. The average molecular weight is 262 g/mol. The van der Waals surface area contributed by atoms with Gasteiger partial charge in [-0.15, -0.1) is 0 Å². The van der Waals surface area contributed by atoms with E-state index in [0.29, 0.717) is 17.4 Å². The summed E-state index contributed by atoms with van der Waals surface area (Å²) in [5, 5.41) is 9.24.